The number of likely N-dealkylation sites (tertiary alicyclic amines) is 1. The van der Waals surface area contributed by atoms with Gasteiger partial charge in [0.05, 0.1) is 26.3 Å². The van der Waals surface area contributed by atoms with Crippen LogP contribution in [0.5, 0.6) is 0 Å². The summed E-state index contributed by atoms with van der Waals surface area (Å²) in [7, 11) is 0. The summed E-state index contributed by atoms with van der Waals surface area (Å²) in [6, 6.07) is 4.49. The number of rotatable bonds is 7. The number of morpholine rings is 1. The van der Waals surface area contributed by atoms with E-state index < -0.39 is 0 Å². The normalized spacial score (nSPS) is 20.7. The summed E-state index contributed by atoms with van der Waals surface area (Å²) in [5, 5.41) is 5.74. The highest BCUT2D eigenvalue weighted by atomic mass is 16.5. The van der Waals surface area contributed by atoms with E-state index in [4.69, 9.17) is 4.74 Å². The minimum absolute atomic E-state index is 0.00639. The smallest absolute Gasteiger partial charge is 0.243 e. The van der Waals surface area contributed by atoms with E-state index in [-0.39, 0.29) is 18.4 Å². The van der Waals surface area contributed by atoms with Crippen LogP contribution in [-0.4, -0.2) is 80.1 Å². The highest BCUT2D eigenvalue weighted by Crippen LogP contribution is 2.22. The first kappa shape index (κ1) is 22.7. The molecule has 0 radical (unpaired) electrons. The van der Waals surface area contributed by atoms with Gasteiger partial charge in [-0.15, -0.1) is 0 Å². The first-order valence-corrected chi connectivity index (χ1v) is 11.1. The molecule has 0 bridgehead atoms. The SMILES string of the molecule is Cc1cc(C)c(NC(=O)CNC(=O)CN2CCCCC2CN2CCOCC2)c(C)c1. The summed E-state index contributed by atoms with van der Waals surface area (Å²) in [6.45, 7) is 11.8. The van der Waals surface area contributed by atoms with Crippen LogP contribution in [0.1, 0.15) is 36.0 Å². The van der Waals surface area contributed by atoms with Crippen LogP contribution in [0.15, 0.2) is 12.1 Å². The molecule has 2 amide bonds. The first-order valence-electron chi connectivity index (χ1n) is 11.1. The van der Waals surface area contributed by atoms with Gasteiger partial charge in [-0.2, -0.15) is 0 Å². The second-order valence-corrected chi connectivity index (χ2v) is 8.63. The number of hydrogen-bond donors (Lipinski definition) is 2. The van der Waals surface area contributed by atoms with Crippen molar-refractivity contribution in [1.29, 1.82) is 0 Å². The van der Waals surface area contributed by atoms with E-state index in [1.54, 1.807) is 0 Å². The van der Waals surface area contributed by atoms with Gasteiger partial charge in [-0.1, -0.05) is 24.1 Å². The lowest BCUT2D eigenvalue weighted by Crippen LogP contribution is -2.52. The average Bonchev–Trinajstić information content (AvgIpc) is 2.71. The van der Waals surface area contributed by atoms with E-state index in [9.17, 15) is 9.59 Å². The average molecular weight is 417 g/mol. The van der Waals surface area contributed by atoms with Crippen LogP contribution in [0.4, 0.5) is 5.69 Å². The first-order chi connectivity index (χ1) is 14.4. The highest BCUT2D eigenvalue weighted by molar-refractivity contribution is 5.96. The van der Waals surface area contributed by atoms with Crippen LogP contribution in [-0.2, 0) is 14.3 Å². The number of ether oxygens (including phenoxy) is 1. The Labute approximate surface area is 180 Å². The maximum atomic E-state index is 12.5. The molecule has 2 saturated heterocycles. The number of benzene rings is 1. The van der Waals surface area contributed by atoms with Crippen LogP contribution in [0, 0.1) is 20.8 Å². The van der Waals surface area contributed by atoms with Crippen LogP contribution < -0.4 is 10.6 Å². The second kappa shape index (κ2) is 10.9. The van der Waals surface area contributed by atoms with E-state index in [0.29, 0.717) is 12.6 Å². The zero-order valence-corrected chi connectivity index (χ0v) is 18.6. The van der Waals surface area contributed by atoms with Crippen molar-refractivity contribution < 1.29 is 14.3 Å². The largest absolute Gasteiger partial charge is 0.379 e. The van der Waals surface area contributed by atoms with Crippen molar-refractivity contribution in [2.24, 2.45) is 0 Å². The second-order valence-electron chi connectivity index (χ2n) is 8.63. The van der Waals surface area contributed by atoms with Gasteiger partial charge in [0.15, 0.2) is 0 Å². The molecule has 1 unspecified atom stereocenters. The maximum Gasteiger partial charge on any atom is 0.243 e. The number of amides is 2. The Balaban J connectivity index is 1.46. The molecule has 2 aliphatic heterocycles. The lowest BCUT2D eigenvalue weighted by Gasteiger charge is -2.39. The summed E-state index contributed by atoms with van der Waals surface area (Å²) in [6.07, 6.45) is 3.46. The fraction of sp³-hybridized carbons (Fsp3) is 0.652. The molecule has 1 aromatic carbocycles. The zero-order valence-electron chi connectivity index (χ0n) is 18.6. The fourth-order valence-electron chi connectivity index (χ4n) is 4.54. The van der Waals surface area contributed by atoms with Gasteiger partial charge in [0, 0.05) is 31.4 Å². The number of anilines is 1. The van der Waals surface area contributed by atoms with E-state index >= 15 is 0 Å². The number of nitrogens with one attached hydrogen (secondary N) is 2. The molecule has 7 heteroatoms. The monoisotopic (exact) mass is 416 g/mol. The van der Waals surface area contributed by atoms with Crippen LogP contribution in [0.25, 0.3) is 0 Å². The molecule has 1 atom stereocenters. The minimum atomic E-state index is -0.193. The molecule has 2 heterocycles. The minimum Gasteiger partial charge on any atom is -0.379 e. The number of nitrogens with zero attached hydrogens (tertiary/aromatic N) is 2. The third-order valence-electron chi connectivity index (χ3n) is 6.06. The third kappa shape index (κ3) is 6.52. The molecular weight excluding hydrogens is 380 g/mol. The van der Waals surface area contributed by atoms with Gasteiger partial charge in [0.25, 0.3) is 0 Å². The van der Waals surface area contributed by atoms with Crippen LogP contribution >= 0.6 is 0 Å². The predicted molar refractivity (Wildman–Crippen MR) is 119 cm³/mol. The van der Waals surface area contributed by atoms with Crippen molar-refractivity contribution in [3.8, 4) is 0 Å². The molecule has 3 rings (SSSR count). The van der Waals surface area contributed by atoms with Gasteiger partial charge in [0.1, 0.15) is 0 Å². The molecule has 0 aromatic heterocycles. The Bertz CT molecular complexity index is 723. The van der Waals surface area contributed by atoms with Crippen molar-refractivity contribution in [2.45, 2.75) is 46.1 Å². The molecule has 0 saturated carbocycles. The molecule has 2 aliphatic rings. The lowest BCUT2D eigenvalue weighted by molar-refractivity contribution is -0.125. The van der Waals surface area contributed by atoms with Crippen molar-refractivity contribution >= 4 is 17.5 Å². The van der Waals surface area contributed by atoms with Crippen molar-refractivity contribution in [3.05, 3.63) is 28.8 Å². The molecule has 30 heavy (non-hydrogen) atoms. The molecule has 1 aromatic rings. The summed E-state index contributed by atoms with van der Waals surface area (Å²) < 4.78 is 5.44. The van der Waals surface area contributed by atoms with Crippen LogP contribution in [0.2, 0.25) is 0 Å². The van der Waals surface area contributed by atoms with Gasteiger partial charge < -0.3 is 15.4 Å². The van der Waals surface area contributed by atoms with Gasteiger partial charge in [-0.25, -0.2) is 0 Å². The van der Waals surface area contributed by atoms with Gasteiger partial charge in [-0.3, -0.25) is 19.4 Å². The van der Waals surface area contributed by atoms with Gasteiger partial charge in [-0.05, 0) is 51.3 Å². The molecular formula is C23H36N4O3. The quantitative estimate of drug-likeness (QED) is 0.710. The molecule has 7 nitrogen and oxygen atoms in total. The summed E-state index contributed by atoms with van der Waals surface area (Å²) in [4.78, 5) is 29.6. The van der Waals surface area contributed by atoms with Gasteiger partial charge >= 0.3 is 0 Å². The Morgan fingerprint density at radius 2 is 1.73 bits per heavy atom. The zero-order chi connectivity index (χ0) is 21.5. The number of carbonyl (C=O) groups is 2. The number of carbonyl (C=O) groups excluding carboxylic acids is 2. The standard InChI is InChI=1S/C23H36N4O3/c1-17-12-18(2)23(19(3)13-17)25-21(28)14-24-22(29)16-27-7-5-4-6-20(27)15-26-8-10-30-11-9-26/h12-13,20H,4-11,14-16H2,1-3H3,(H,24,29)(H,25,28). The molecule has 166 valence electrons. The molecule has 2 N–H and O–H groups in total. The number of piperidine rings is 1. The Morgan fingerprint density at radius 1 is 1.03 bits per heavy atom. The van der Waals surface area contributed by atoms with E-state index in [1.165, 1.54) is 12.0 Å². The van der Waals surface area contributed by atoms with E-state index in [2.05, 4.69) is 20.4 Å². The van der Waals surface area contributed by atoms with Crippen molar-refractivity contribution in [1.82, 2.24) is 15.1 Å². The summed E-state index contributed by atoms with van der Waals surface area (Å²) in [5.74, 6) is -0.279. The molecule has 0 aliphatic carbocycles. The maximum absolute atomic E-state index is 12.5. The van der Waals surface area contributed by atoms with E-state index in [1.807, 2.05) is 32.9 Å². The van der Waals surface area contributed by atoms with Crippen molar-refractivity contribution in [2.75, 3.05) is 57.8 Å². The fourth-order valence-corrected chi connectivity index (χ4v) is 4.54. The summed E-state index contributed by atoms with van der Waals surface area (Å²) >= 11 is 0. The third-order valence-corrected chi connectivity index (χ3v) is 6.06. The Morgan fingerprint density at radius 3 is 2.43 bits per heavy atom. The number of hydrogen-bond acceptors (Lipinski definition) is 5. The van der Waals surface area contributed by atoms with E-state index in [0.717, 1.165) is 69.0 Å². The van der Waals surface area contributed by atoms with Crippen LogP contribution in [0.3, 0.4) is 0 Å². The Hall–Kier alpha value is -1.96. The topological polar surface area (TPSA) is 73.9 Å². The Kier molecular flexibility index (Phi) is 8.24. The lowest BCUT2D eigenvalue weighted by atomic mass is 10.0. The predicted octanol–water partition coefficient (Wildman–Crippen LogP) is 1.85. The molecule has 0 spiro atoms. The van der Waals surface area contributed by atoms with Gasteiger partial charge in [0.2, 0.25) is 11.8 Å². The highest BCUT2D eigenvalue weighted by Gasteiger charge is 2.26. The number of aryl methyl sites for hydroxylation is 3. The summed E-state index contributed by atoms with van der Waals surface area (Å²) in [5.41, 5.74) is 4.07. The van der Waals surface area contributed by atoms with Crippen molar-refractivity contribution in [3.63, 3.8) is 0 Å². The molecule has 2 fully saturated rings.